The van der Waals surface area contributed by atoms with Crippen molar-refractivity contribution < 1.29 is 33.6 Å². The van der Waals surface area contributed by atoms with Crippen LogP contribution in [-0.4, -0.2) is 34.9 Å². The van der Waals surface area contributed by atoms with Crippen LogP contribution in [0.15, 0.2) is 85.0 Å². The van der Waals surface area contributed by atoms with E-state index in [4.69, 9.17) is 18.9 Å². The smallest absolute Gasteiger partial charge is 0.330 e. The average molecular weight is 551 g/mol. The molecule has 0 spiro atoms. The standard InChI is InChI=1S/C34H30O7/c35-26-18-27(22-10-5-2-6-11-22)39-28-19-29-31(33(37)32(26)28)23-16-25(17-24-12-7-13-30(36)38-24)40-34(20-23,41-29)15-14-21-8-3-1-4-9-21/h1-11,13-15,19,23-25,27,37H,12,16-18,20H2/b15-14+/t23-,24-,25+,27+,34-/m1/s1. The van der Waals surface area contributed by atoms with Gasteiger partial charge < -0.3 is 24.1 Å². The largest absolute Gasteiger partial charge is 0.507 e. The first-order valence-electron chi connectivity index (χ1n) is 14.1. The Bertz CT molecular complexity index is 1540. The lowest BCUT2D eigenvalue weighted by molar-refractivity contribution is -0.224. The normalized spacial score (nSPS) is 28.3. The number of carbonyl (C=O) groups is 2. The van der Waals surface area contributed by atoms with Gasteiger partial charge in [0.2, 0.25) is 5.79 Å². The highest BCUT2D eigenvalue weighted by Gasteiger charge is 2.50. The molecule has 0 aliphatic carbocycles. The Morgan fingerprint density at radius 1 is 0.951 bits per heavy atom. The second kappa shape index (κ2) is 10.2. The number of fused-ring (bicyclic) bond motifs is 5. The zero-order valence-electron chi connectivity index (χ0n) is 22.4. The minimum atomic E-state index is -1.11. The number of hydrogen-bond acceptors (Lipinski definition) is 7. The van der Waals surface area contributed by atoms with Crippen LogP contribution in [0.2, 0.25) is 0 Å². The van der Waals surface area contributed by atoms with Gasteiger partial charge in [-0.1, -0.05) is 72.8 Å². The quantitative estimate of drug-likeness (QED) is 0.366. The van der Waals surface area contributed by atoms with Crippen molar-refractivity contribution in [2.24, 2.45) is 0 Å². The molecule has 5 atom stereocenters. The summed E-state index contributed by atoms with van der Waals surface area (Å²) in [6.07, 6.45) is 8.44. The van der Waals surface area contributed by atoms with Gasteiger partial charge in [-0.25, -0.2) is 4.79 Å². The molecule has 0 saturated carbocycles. The summed E-state index contributed by atoms with van der Waals surface area (Å²) >= 11 is 0. The fourth-order valence-electron chi connectivity index (χ4n) is 6.47. The van der Waals surface area contributed by atoms with Crippen LogP contribution in [0, 0.1) is 0 Å². The Hall–Kier alpha value is -4.36. The van der Waals surface area contributed by atoms with Gasteiger partial charge in [0.15, 0.2) is 5.78 Å². The summed E-state index contributed by atoms with van der Waals surface area (Å²) in [6.45, 7) is 0. The summed E-state index contributed by atoms with van der Waals surface area (Å²) in [4.78, 5) is 25.2. The van der Waals surface area contributed by atoms with Crippen LogP contribution in [0.3, 0.4) is 0 Å². The lowest BCUT2D eigenvalue weighted by Gasteiger charge is -2.48. The molecule has 3 aromatic carbocycles. The first-order valence-corrected chi connectivity index (χ1v) is 14.1. The summed E-state index contributed by atoms with van der Waals surface area (Å²) < 4.78 is 25.0. The molecule has 4 aliphatic heterocycles. The van der Waals surface area contributed by atoms with E-state index in [1.807, 2.05) is 78.9 Å². The van der Waals surface area contributed by atoms with E-state index >= 15 is 0 Å². The Morgan fingerprint density at radius 3 is 2.51 bits per heavy atom. The van der Waals surface area contributed by atoms with Gasteiger partial charge in [-0.3, -0.25) is 4.79 Å². The van der Waals surface area contributed by atoms with Crippen molar-refractivity contribution in [1.29, 1.82) is 0 Å². The molecule has 4 heterocycles. The van der Waals surface area contributed by atoms with Crippen LogP contribution in [-0.2, 0) is 14.3 Å². The molecule has 7 rings (SSSR count). The minimum Gasteiger partial charge on any atom is -0.507 e. The zero-order chi connectivity index (χ0) is 28.0. The van der Waals surface area contributed by atoms with E-state index in [0.717, 1.165) is 11.1 Å². The van der Waals surface area contributed by atoms with E-state index in [1.54, 1.807) is 6.07 Å². The topological polar surface area (TPSA) is 91.3 Å². The average Bonchev–Trinajstić information content (AvgIpc) is 2.96. The number of benzene rings is 3. The van der Waals surface area contributed by atoms with Crippen molar-refractivity contribution >= 4 is 17.8 Å². The molecule has 0 aromatic heterocycles. The maximum atomic E-state index is 13.4. The number of carbonyl (C=O) groups excluding carboxylic acids is 2. The van der Waals surface area contributed by atoms with E-state index in [9.17, 15) is 14.7 Å². The number of ether oxygens (including phenoxy) is 4. The van der Waals surface area contributed by atoms with Gasteiger partial charge in [-0.2, -0.15) is 0 Å². The number of Topliss-reactive ketones (excluding diaryl/α,β-unsaturated/α-hetero) is 1. The van der Waals surface area contributed by atoms with Gasteiger partial charge >= 0.3 is 5.97 Å². The Labute approximate surface area is 238 Å². The molecule has 1 fully saturated rings. The third-order valence-corrected chi connectivity index (χ3v) is 8.28. The zero-order valence-corrected chi connectivity index (χ0v) is 22.4. The highest BCUT2D eigenvalue weighted by molar-refractivity contribution is 6.03. The predicted octanol–water partition coefficient (Wildman–Crippen LogP) is 6.43. The monoisotopic (exact) mass is 550 g/mol. The van der Waals surface area contributed by atoms with Crippen molar-refractivity contribution in [2.45, 2.75) is 62.1 Å². The predicted molar refractivity (Wildman–Crippen MR) is 151 cm³/mol. The first kappa shape index (κ1) is 25.6. The first-order chi connectivity index (χ1) is 20.0. The van der Waals surface area contributed by atoms with E-state index in [-0.39, 0.29) is 47.6 Å². The molecule has 1 saturated heterocycles. The van der Waals surface area contributed by atoms with Gasteiger partial charge in [-0.15, -0.1) is 0 Å². The number of ketones is 1. The second-order valence-corrected chi connectivity index (χ2v) is 11.1. The number of hydrogen-bond donors (Lipinski definition) is 1. The molecular weight excluding hydrogens is 520 g/mol. The van der Waals surface area contributed by atoms with E-state index in [0.29, 0.717) is 42.7 Å². The maximum absolute atomic E-state index is 13.4. The molecule has 1 N–H and O–H groups in total. The Morgan fingerprint density at radius 2 is 1.73 bits per heavy atom. The van der Waals surface area contributed by atoms with Gasteiger partial charge in [0.05, 0.1) is 12.5 Å². The third kappa shape index (κ3) is 4.91. The number of phenolic OH excluding ortho intramolecular Hbond substituents is 1. The molecule has 0 unspecified atom stereocenters. The summed E-state index contributed by atoms with van der Waals surface area (Å²) in [5.74, 6) is -1.08. The van der Waals surface area contributed by atoms with Gasteiger partial charge in [0.1, 0.15) is 35.0 Å². The maximum Gasteiger partial charge on any atom is 0.330 e. The number of phenols is 1. The van der Waals surface area contributed by atoms with E-state index < -0.39 is 11.9 Å². The molecular formula is C34H30O7. The summed E-state index contributed by atoms with van der Waals surface area (Å²) in [5, 5.41) is 11.5. The molecule has 4 aliphatic rings. The third-order valence-electron chi connectivity index (χ3n) is 8.28. The Kier molecular flexibility index (Phi) is 6.39. The van der Waals surface area contributed by atoms with Gasteiger partial charge in [0.25, 0.3) is 0 Å². The molecule has 0 amide bonds. The van der Waals surface area contributed by atoms with Crippen molar-refractivity contribution in [3.63, 3.8) is 0 Å². The van der Waals surface area contributed by atoms with Crippen LogP contribution < -0.4 is 9.47 Å². The molecule has 3 aromatic rings. The molecule has 2 bridgehead atoms. The van der Waals surface area contributed by atoms with Crippen LogP contribution >= 0.6 is 0 Å². The number of rotatable bonds is 5. The second-order valence-electron chi connectivity index (χ2n) is 11.1. The number of cyclic esters (lactones) is 1. The summed E-state index contributed by atoms with van der Waals surface area (Å²) in [5.41, 5.74) is 2.71. The van der Waals surface area contributed by atoms with Crippen LogP contribution in [0.25, 0.3) is 6.08 Å². The highest BCUT2D eigenvalue weighted by Crippen LogP contribution is 2.56. The number of esters is 1. The minimum absolute atomic E-state index is 0.0765. The lowest BCUT2D eigenvalue weighted by Crippen LogP contribution is -2.50. The van der Waals surface area contributed by atoms with Crippen LogP contribution in [0.1, 0.15) is 71.2 Å². The van der Waals surface area contributed by atoms with Crippen molar-refractivity contribution in [1.82, 2.24) is 0 Å². The highest BCUT2D eigenvalue weighted by atomic mass is 16.7. The van der Waals surface area contributed by atoms with Crippen molar-refractivity contribution in [2.75, 3.05) is 0 Å². The Balaban J connectivity index is 1.25. The molecule has 41 heavy (non-hydrogen) atoms. The fourth-order valence-corrected chi connectivity index (χ4v) is 6.47. The molecule has 7 nitrogen and oxygen atoms in total. The van der Waals surface area contributed by atoms with Crippen molar-refractivity contribution in [3.8, 4) is 17.2 Å². The van der Waals surface area contributed by atoms with Crippen LogP contribution in [0.4, 0.5) is 0 Å². The van der Waals surface area contributed by atoms with Gasteiger partial charge in [0, 0.05) is 42.9 Å². The number of aromatic hydroxyl groups is 1. The molecule has 208 valence electrons. The van der Waals surface area contributed by atoms with Gasteiger partial charge in [-0.05, 0) is 23.6 Å². The summed E-state index contributed by atoms with van der Waals surface area (Å²) in [7, 11) is 0. The van der Waals surface area contributed by atoms with Crippen LogP contribution in [0.5, 0.6) is 17.2 Å². The lowest BCUT2D eigenvalue weighted by atomic mass is 9.78. The fraction of sp³-hybridized carbons (Fsp3) is 0.294. The molecule has 7 heteroatoms. The molecule has 0 radical (unpaired) electrons. The summed E-state index contributed by atoms with van der Waals surface area (Å²) in [6, 6.07) is 21.2. The SMILES string of the molecule is O=C1C=CC[C@H](C[C@@H]2C[C@@H]3C[C@@](/C=C/c4ccccc4)(Oc4cc5c(c(O)c43)C(=O)C[C@@H](c3ccccc3)O5)O2)O1. The van der Waals surface area contributed by atoms with Crippen molar-refractivity contribution in [3.05, 3.63) is 107 Å². The van der Waals surface area contributed by atoms with E-state index in [2.05, 4.69) is 0 Å². The van der Waals surface area contributed by atoms with E-state index in [1.165, 1.54) is 6.08 Å².